The van der Waals surface area contributed by atoms with Gasteiger partial charge in [0, 0.05) is 13.2 Å². The van der Waals surface area contributed by atoms with Gasteiger partial charge in [-0.2, -0.15) is 0 Å². The van der Waals surface area contributed by atoms with Gasteiger partial charge in [0.15, 0.2) is 0 Å². The Balaban J connectivity index is 2.21. The first-order valence-corrected chi connectivity index (χ1v) is 6.39. The van der Waals surface area contributed by atoms with E-state index in [0.29, 0.717) is 12.5 Å². The SMILES string of the molecule is CCCC(CCO)CNC(=O)[C@H]1CCCN1. The molecule has 2 atom stereocenters. The fourth-order valence-electron chi connectivity index (χ4n) is 2.22. The summed E-state index contributed by atoms with van der Waals surface area (Å²) in [4.78, 5) is 11.7. The largest absolute Gasteiger partial charge is 0.396 e. The summed E-state index contributed by atoms with van der Waals surface area (Å²) in [5.74, 6) is 0.539. The number of carbonyl (C=O) groups is 1. The Labute approximate surface area is 97.8 Å². The van der Waals surface area contributed by atoms with Crippen LogP contribution in [-0.2, 0) is 4.79 Å². The summed E-state index contributed by atoms with van der Waals surface area (Å²) in [6.45, 7) is 3.99. The maximum absolute atomic E-state index is 11.7. The highest BCUT2D eigenvalue weighted by atomic mass is 16.3. The van der Waals surface area contributed by atoms with Crippen LogP contribution in [-0.4, -0.2) is 36.8 Å². The molecule has 0 radical (unpaired) electrons. The van der Waals surface area contributed by atoms with Crippen molar-refractivity contribution < 1.29 is 9.90 Å². The topological polar surface area (TPSA) is 61.4 Å². The van der Waals surface area contributed by atoms with Crippen molar-refractivity contribution in [3.63, 3.8) is 0 Å². The van der Waals surface area contributed by atoms with E-state index in [0.717, 1.165) is 38.6 Å². The Hall–Kier alpha value is -0.610. The van der Waals surface area contributed by atoms with Crippen LogP contribution in [0.2, 0.25) is 0 Å². The standard InChI is InChI=1S/C12H24N2O2/c1-2-4-10(6-8-15)9-14-12(16)11-5-3-7-13-11/h10-11,13,15H,2-9H2,1H3,(H,14,16)/t10?,11-/m1/s1. The van der Waals surface area contributed by atoms with Gasteiger partial charge in [-0.1, -0.05) is 13.3 Å². The molecule has 1 rings (SSSR count). The van der Waals surface area contributed by atoms with E-state index in [-0.39, 0.29) is 18.6 Å². The number of aliphatic hydroxyl groups excluding tert-OH is 1. The van der Waals surface area contributed by atoms with Crippen LogP contribution in [0.3, 0.4) is 0 Å². The molecule has 1 heterocycles. The molecule has 1 amide bonds. The monoisotopic (exact) mass is 228 g/mol. The predicted molar refractivity (Wildman–Crippen MR) is 64.1 cm³/mol. The van der Waals surface area contributed by atoms with Gasteiger partial charge in [0.1, 0.15) is 0 Å². The lowest BCUT2D eigenvalue weighted by molar-refractivity contribution is -0.123. The van der Waals surface area contributed by atoms with Crippen molar-refractivity contribution in [3.8, 4) is 0 Å². The first-order chi connectivity index (χ1) is 7.77. The van der Waals surface area contributed by atoms with Gasteiger partial charge >= 0.3 is 0 Å². The number of rotatable bonds is 7. The highest BCUT2D eigenvalue weighted by Crippen LogP contribution is 2.10. The van der Waals surface area contributed by atoms with Crippen molar-refractivity contribution in [2.24, 2.45) is 5.92 Å². The fraction of sp³-hybridized carbons (Fsp3) is 0.917. The predicted octanol–water partition coefficient (Wildman–Crippen LogP) is 0.653. The number of carbonyl (C=O) groups excluding carboxylic acids is 1. The fourth-order valence-corrected chi connectivity index (χ4v) is 2.22. The number of amides is 1. The Morgan fingerprint density at radius 3 is 2.94 bits per heavy atom. The van der Waals surface area contributed by atoms with E-state index < -0.39 is 0 Å². The van der Waals surface area contributed by atoms with Crippen LogP contribution < -0.4 is 10.6 Å². The van der Waals surface area contributed by atoms with E-state index in [2.05, 4.69) is 17.6 Å². The third-order valence-electron chi connectivity index (χ3n) is 3.18. The molecule has 1 aliphatic heterocycles. The van der Waals surface area contributed by atoms with Crippen LogP contribution in [0.25, 0.3) is 0 Å². The Morgan fingerprint density at radius 1 is 1.56 bits per heavy atom. The van der Waals surface area contributed by atoms with Crippen molar-refractivity contribution >= 4 is 5.91 Å². The van der Waals surface area contributed by atoms with Gasteiger partial charge in [-0.05, 0) is 38.1 Å². The van der Waals surface area contributed by atoms with Gasteiger partial charge in [0.05, 0.1) is 6.04 Å². The van der Waals surface area contributed by atoms with Crippen LogP contribution in [0, 0.1) is 5.92 Å². The summed E-state index contributed by atoms with van der Waals surface area (Å²) in [6, 6.07) is 0.0106. The minimum atomic E-state index is 0.0106. The Kier molecular flexibility index (Phi) is 6.42. The minimum absolute atomic E-state index is 0.0106. The van der Waals surface area contributed by atoms with Gasteiger partial charge in [-0.3, -0.25) is 4.79 Å². The van der Waals surface area contributed by atoms with Gasteiger partial charge in [-0.25, -0.2) is 0 Å². The summed E-state index contributed by atoms with van der Waals surface area (Å²) in [7, 11) is 0. The maximum Gasteiger partial charge on any atom is 0.237 e. The summed E-state index contributed by atoms with van der Waals surface area (Å²) in [5.41, 5.74) is 0. The summed E-state index contributed by atoms with van der Waals surface area (Å²) < 4.78 is 0. The molecular weight excluding hydrogens is 204 g/mol. The van der Waals surface area contributed by atoms with Crippen LogP contribution in [0.5, 0.6) is 0 Å². The second kappa shape index (κ2) is 7.63. The maximum atomic E-state index is 11.7. The molecule has 1 fully saturated rings. The van der Waals surface area contributed by atoms with Crippen molar-refractivity contribution in [1.29, 1.82) is 0 Å². The van der Waals surface area contributed by atoms with Crippen molar-refractivity contribution in [1.82, 2.24) is 10.6 Å². The average Bonchev–Trinajstić information content (AvgIpc) is 2.79. The molecule has 4 nitrogen and oxygen atoms in total. The Morgan fingerprint density at radius 2 is 2.38 bits per heavy atom. The van der Waals surface area contributed by atoms with E-state index in [1.54, 1.807) is 0 Å². The van der Waals surface area contributed by atoms with Crippen LogP contribution in [0.15, 0.2) is 0 Å². The number of hydrogen-bond acceptors (Lipinski definition) is 3. The zero-order valence-corrected chi connectivity index (χ0v) is 10.2. The van der Waals surface area contributed by atoms with E-state index in [9.17, 15) is 4.79 Å². The summed E-state index contributed by atoms with van der Waals surface area (Å²) in [6.07, 6.45) is 4.99. The van der Waals surface area contributed by atoms with Gasteiger partial charge in [0.2, 0.25) is 5.91 Å². The van der Waals surface area contributed by atoms with E-state index in [1.165, 1.54) is 0 Å². The molecule has 0 aromatic carbocycles. The molecule has 16 heavy (non-hydrogen) atoms. The molecule has 0 aromatic rings. The third-order valence-corrected chi connectivity index (χ3v) is 3.18. The molecule has 0 aromatic heterocycles. The number of nitrogens with one attached hydrogen (secondary N) is 2. The van der Waals surface area contributed by atoms with Crippen molar-refractivity contribution in [2.75, 3.05) is 19.7 Å². The van der Waals surface area contributed by atoms with Crippen LogP contribution >= 0.6 is 0 Å². The molecule has 0 aliphatic carbocycles. The second-order valence-electron chi connectivity index (χ2n) is 4.56. The first-order valence-electron chi connectivity index (χ1n) is 6.39. The lowest BCUT2D eigenvalue weighted by Crippen LogP contribution is -2.42. The lowest BCUT2D eigenvalue weighted by atomic mass is 10.00. The highest BCUT2D eigenvalue weighted by Gasteiger charge is 2.22. The molecule has 4 heteroatoms. The second-order valence-corrected chi connectivity index (χ2v) is 4.56. The summed E-state index contributed by atoms with van der Waals surface area (Å²) in [5, 5.41) is 15.1. The summed E-state index contributed by atoms with van der Waals surface area (Å²) >= 11 is 0. The van der Waals surface area contributed by atoms with Crippen molar-refractivity contribution in [3.05, 3.63) is 0 Å². The zero-order valence-electron chi connectivity index (χ0n) is 10.2. The average molecular weight is 228 g/mol. The molecule has 1 saturated heterocycles. The smallest absolute Gasteiger partial charge is 0.237 e. The van der Waals surface area contributed by atoms with E-state index >= 15 is 0 Å². The molecule has 94 valence electrons. The van der Waals surface area contributed by atoms with Gasteiger partial charge < -0.3 is 15.7 Å². The normalized spacial score (nSPS) is 22.0. The quantitative estimate of drug-likeness (QED) is 0.599. The molecule has 1 unspecified atom stereocenters. The Bertz CT molecular complexity index is 197. The molecule has 1 aliphatic rings. The van der Waals surface area contributed by atoms with Gasteiger partial charge in [-0.15, -0.1) is 0 Å². The molecule has 0 saturated carbocycles. The molecule has 0 spiro atoms. The van der Waals surface area contributed by atoms with Crippen LogP contribution in [0.4, 0.5) is 0 Å². The van der Waals surface area contributed by atoms with E-state index in [1.807, 2.05) is 0 Å². The van der Waals surface area contributed by atoms with Crippen molar-refractivity contribution in [2.45, 2.75) is 45.1 Å². The third kappa shape index (κ3) is 4.49. The highest BCUT2D eigenvalue weighted by molar-refractivity contribution is 5.81. The number of aliphatic hydroxyl groups is 1. The molecule has 3 N–H and O–H groups in total. The zero-order chi connectivity index (χ0) is 11.8. The minimum Gasteiger partial charge on any atom is -0.396 e. The van der Waals surface area contributed by atoms with Crippen LogP contribution in [0.1, 0.15) is 39.0 Å². The number of hydrogen-bond donors (Lipinski definition) is 3. The molecule has 0 bridgehead atoms. The molecular formula is C12H24N2O2. The van der Waals surface area contributed by atoms with E-state index in [4.69, 9.17) is 5.11 Å². The lowest BCUT2D eigenvalue weighted by Gasteiger charge is -2.17. The first kappa shape index (κ1) is 13.5. The van der Waals surface area contributed by atoms with Gasteiger partial charge in [0.25, 0.3) is 0 Å².